The van der Waals surface area contributed by atoms with Crippen molar-refractivity contribution in [2.45, 2.75) is 19.9 Å². The molecule has 1 amide bonds. The molecule has 6 nitrogen and oxygen atoms in total. The molecule has 1 N–H and O–H groups in total. The third-order valence-corrected chi connectivity index (χ3v) is 3.78. The van der Waals surface area contributed by atoms with E-state index in [9.17, 15) is 9.59 Å². The fourth-order valence-electron chi connectivity index (χ4n) is 1.87. The molecule has 0 bridgehead atoms. The number of rotatable bonds is 6. The first kappa shape index (κ1) is 18.3. The van der Waals surface area contributed by atoms with E-state index < -0.39 is 17.9 Å². The molecule has 0 aliphatic heterocycles. The Kier molecular flexibility index (Phi) is 6.67. The second kappa shape index (κ2) is 8.03. The van der Waals surface area contributed by atoms with E-state index >= 15 is 0 Å². The summed E-state index contributed by atoms with van der Waals surface area (Å²) in [7, 11) is 4.28. The van der Waals surface area contributed by atoms with Crippen molar-refractivity contribution < 1.29 is 23.8 Å². The quantitative estimate of drug-likeness (QED) is 0.774. The Balaban J connectivity index is 3.09. The van der Waals surface area contributed by atoms with E-state index in [1.54, 1.807) is 12.1 Å². The van der Waals surface area contributed by atoms with Gasteiger partial charge in [-0.25, -0.2) is 4.79 Å². The Morgan fingerprint density at radius 3 is 2.09 bits per heavy atom. The van der Waals surface area contributed by atoms with E-state index in [1.165, 1.54) is 21.3 Å². The van der Waals surface area contributed by atoms with Gasteiger partial charge >= 0.3 is 5.97 Å². The van der Waals surface area contributed by atoms with Crippen molar-refractivity contribution in [1.29, 1.82) is 0 Å². The van der Waals surface area contributed by atoms with E-state index in [4.69, 9.17) is 14.2 Å². The molecule has 0 aromatic heterocycles. The van der Waals surface area contributed by atoms with E-state index in [2.05, 4.69) is 21.2 Å². The minimum atomic E-state index is -0.725. The van der Waals surface area contributed by atoms with Gasteiger partial charge in [0.05, 0.1) is 26.9 Å². The number of nitrogens with one attached hydrogen (secondary N) is 1. The van der Waals surface area contributed by atoms with E-state index in [-0.39, 0.29) is 5.92 Å². The summed E-state index contributed by atoms with van der Waals surface area (Å²) >= 11 is 3.32. The molecule has 122 valence electrons. The summed E-state index contributed by atoms with van der Waals surface area (Å²) in [6, 6.07) is 2.46. The molecule has 0 heterocycles. The van der Waals surface area contributed by atoms with E-state index in [0.717, 1.165) is 0 Å². The van der Waals surface area contributed by atoms with Gasteiger partial charge in [0.15, 0.2) is 11.5 Å². The fourth-order valence-corrected chi connectivity index (χ4v) is 2.37. The Labute approximate surface area is 138 Å². The van der Waals surface area contributed by atoms with Crippen molar-refractivity contribution in [2.75, 3.05) is 21.3 Å². The zero-order chi connectivity index (χ0) is 16.9. The lowest BCUT2D eigenvalue weighted by Gasteiger charge is -2.20. The van der Waals surface area contributed by atoms with Crippen LogP contribution in [0.25, 0.3) is 0 Å². The van der Waals surface area contributed by atoms with Gasteiger partial charge in [-0.15, -0.1) is 0 Å². The first-order valence-corrected chi connectivity index (χ1v) is 7.45. The van der Waals surface area contributed by atoms with Crippen molar-refractivity contribution in [1.82, 2.24) is 5.32 Å². The molecule has 22 heavy (non-hydrogen) atoms. The van der Waals surface area contributed by atoms with Crippen LogP contribution in [-0.2, 0) is 9.53 Å². The molecule has 1 atom stereocenters. The minimum Gasteiger partial charge on any atom is -0.493 e. The number of esters is 1. The van der Waals surface area contributed by atoms with Crippen molar-refractivity contribution in [3.63, 3.8) is 0 Å². The average Bonchev–Trinajstić information content (AvgIpc) is 2.50. The normalized spacial score (nSPS) is 11.8. The first-order valence-electron chi connectivity index (χ1n) is 6.65. The summed E-state index contributed by atoms with van der Waals surface area (Å²) in [5.41, 5.74) is 0.340. The summed E-state index contributed by atoms with van der Waals surface area (Å²) in [5, 5.41) is 2.67. The van der Waals surface area contributed by atoms with E-state index in [0.29, 0.717) is 21.5 Å². The highest BCUT2D eigenvalue weighted by atomic mass is 79.9. The smallest absolute Gasteiger partial charge is 0.328 e. The highest BCUT2D eigenvalue weighted by Crippen LogP contribution is 2.33. The summed E-state index contributed by atoms with van der Waals surface area (Å²) in [6.45, 7) is 3.65. The Hall–Kier alpha value is -1.76. The van der Waals surface area contributed by atoms with Gasteiger partial charge < -0.3 is 19.5 Å². The van der Waals surface area contributed by atoms with Crippen molar-refractivity contribution in [3.05, 3.63) is 22.2 Å². The summed E-state index contributed by atoms with van der Waals surface area (Å²) in [6.07, 6.45) is 0. The van der Waals surface area contributed by atoms with Crippen LogP contribution in [0.2, 0.25) is 0 Å². The van der Waals surface area contributed by atoms with Gasteiger partial charge in [0.25, 0.3) is 5.91 Å². The standard InChI is InChI=1S/C15H20BrNO5/c1-8(2)13(15(19)22-5)17-14(18)9-6-11(20-3)12(21-4)7-10(9)16/h6-8,13H,1-5H3,(H,17,18)/t13-/m0/s1. The Morgan fingerprint density at radius 2 is 1.64 bits per heavy atom. The number of halogens is 1. The van der Waals surface area contributed by atoms with Crippen LogP contribution < -0.4 is 14.8 Å². The second-order valence-corrected chi connectivity index (χ2v) is 5.76. The number of carbonyl (C=O) groups excluding carboxylic acids is 2. The van der Waals surface area contributed by atoms with Gasteiger partial charge in [-0.3, -0.25) is 4.79 Å². The number of methoxy groups -OCH3 is 3. The Bertz CT molecular complexity index is 559. The summed E-state index contributed by atoms with van der Waals surface area (Å²) in [4.78, 5) is 24.2. The van der Waals surface area contributed by atoms with Crippen LogP contribution in [0.3, 0.4) is 0 Å². The molecule has 0 saturated heterocycles. The maximum absolute atomic E-state index is 12.4. The number of benzene rings is 1. The molecule has 0 radical (unpaired) electrons. The molecule has 0 aliphatic carbocycles. The molecule has 0 unspecified atom stereocenters. The Morgan fingerprint density at radius 1 is 1.09 bits per heavy atom. The maximum Gasteiger partial charge on any atom is 0.328 e. The topological polar surface area (TPSA) is 73.9 Å². The molecule has 0 fully saturated rings. The highest BCUT2D eigenvalue weighted by molar-refractivity contribution is 9.10. The van der Waals surface area contributed by atoms with Gasteiger partial charge in [-0.2, -0.15) is 0 Å². The average molecular weight is 374 g/mol. The zero-order valence-corrected chi connectivity index (χ0v) is 14.8. The van der Waals surface area contributed by atoms with Crippen LogP contribution in [0.4, 0.5) is 0 Å². The minimum absolute atomic E-state index is 0.102. The van der Waals surface area contributed by atoms with Crippen LogP contribution in [0.5, 0.6) is 11.5 Å². The molecule has 0 spiro atoms. The maximum atomic E-state index is 12.4. The monoisotopic (exact) mass is 373 g/mol. The molecular formula is C15H20BrNO5. The second-order valence-electron chi connectivity index (χ2n) is 4.91. The lowest BCUT2D eigenvalue weighted by Crippen LogP contribution is -2.45. The van der Waals surface area contributed by atoms with E-state index in [1.807, 2.05) is 13.8 Å². The van der Waals surface area contributed by atoms with Crippen molar-refractivity contribution in [3.8, 4) is 11.5 Å². The van der Waals surface area contributed by atoms with Gasteiger partial charge in [-0.05, 0) is 34.0 Å². The lowest BCUT2D eigenvalue weighted by molar-refractivity contribution is -0.144. The van der Waals surface area contributed by atoms with Crippen LogP contribution in [0, 0.1) is 5.92 Å². The number of ether oxygens (including phenoxy) is 3. The summed E-state index contributed by atoms with van der Waals surface area (Å²) < 4.78 is 15.6. The SMILES string of the molecule is COC(=O)[C@@H](NC(=O)c1cc(OC)c(OC)cc1Br)C(C)C. The molecule has 0 saturated carbocycles. The molecular weight excluding hydrogens is 354 g/mol. The molecule has 1 aromatic rings. The highest BCUT2D eigenvalue weighted by Gasteiger charge is 2.26. The zero-order valence-electron chi connectivity index (χ0n) is 13.2. The van der Waals surface area contributed by atoms with Crippen LogP contribution in [0.15, 0.2) is 16.6 Å². The van der Waals surface area contributed by atoms with Crippen LogP contribution in [-0.4, -0.2) is 39.2 Å². The molecule has 7 heteroatoms. The van der Waals surface area contributed by atoms with Crippen molar-refractivity contribution in [2.24, 2.45) is 5.92 Å². The number of hydrogen-bond acceptors (Lipinski definition) is 5. The van der Waals surface area contributed by atoms with Crippen LogP contribution in [0.1, 0.15) is 24.2 Å². The molecule has 0 aliphatic rings. The lowest BCUT2D eigenvalue weighted by atomic mass is 10.0. The predicted octanol–water partition coefficient (Wildman–Crippen LogP) is 2.39. The largest absolute Gasteiger partial charge is 0.493 e. The van der Waals surface area contributed by atoms with Gasteiger partial charge in [0.2, 0.25) is 0 Å². The van der Waals surface area contributed by atoms with Gasteiger partial charge in [-0.1, -0.05) is 13.8 Å². The fraction of sp³-hybridized carbons (Fsp3) is 0.467. The molecule has 1 aromatic carbocycles. The molecule has 1 rings (SSSR count). The third kappa shape index (κ3) is 4.13. The first-order chi connectivity index (χ1) is 10.3. The number of carbonyl (C=O) groups is 2. The number of amides is 1. The van der Waals surface area contributed by atoms with Crippen LogP contribution >= 0.6 is 15.9 Å². The van der Waals surface area contributed by atoms with Crippen molar-refractivity contribution >= 4 is 27.8 Å². The van der Waals surface area contributed by atoms with Gasteiger partial charge in [0, 0.05) is 4.47 Å². The van der Waals surface area contributed by atoms with Gasteiger partial charge in [0.1, 0.15) is 6.04 Å². The number of hydrogen-bond donors (Lipinski definition) is 1. The third-order valence-electron chi connectivity index (χ3n) is 3.13. The summed E-state index contributed by atoms with van der Waals surface area (Å²) in [5.74, 6) is -0.0680. The predicted molar refractivity (Wildman–Crippen MR) is 85.4 cm³/mol.